The summed E-state index contributed by atoms with van der Waals surface area (Å²) in [6.45, 7) is 1.76. The molecule has 0 aliphatic heterocycles. The van der Waals surface area contributed by atoms with E-state index in [0.717, 1.165) is 23.0 Å². The van der Waals surface area contributed by atoms with Crippen molar-refractivity contribution < 1.29 is 17.8 Å². The molecule has 3 rings (SSSR count). The van der Waals surface area contributed by atoms with Crippen molar-refractivity contribution in [1.82, 2.24) is 4.98 Å². The van der Waals surface area contributed by atoms with Crippen LogP contribution in [0.25, 0.3) is 10.9 Å². The fourth-order valence-electron chi connectivity index (χ4n) is 2.37. The lowest BCUT2D eigenvalue weighted by atomic mass is 10.2. The van der Waals surface area contributed by atoms with Gasteiger partial charge in [-0.15, -0.1) is 0 Å². The van der Waals surface area contributed by atoms with Crippen LogP contribution in [0.3, 0.4) is 0 Å². The number of alkyl halides is 3. The van der Waals surface area contributed by atoms with Crippen LogP contribution < -0.4 is 16.5 Å². The molecule has 130 valence electrons. The van der Waals surface area contributed by atoms with E-state index in [1.807, 2.05) is 30.3 Å². The summed E-state index contributed by atoms with van der Waals surface area (Å²) in [5.74, 6) is 0. The summed E-state index contributed by atoms with van der Waals surface area (Å²) >= 11 is 0. The van der Waals surface area contributed by atoms with E-state index >= 15 is 0 Å². The van der Waals surface area contributed by atoms with Gasteiger partial charge < -0.3 is 5.73 Å². The third-order valence-corrected chi connectivity index (χ3v) is 5.07. The number of para-hydroxylation sites is 1. The van der Waals surface area contributed by atoms with Crippen LogP contribution in [0.1, 0.15) is 5.56 Å². The topological polar surface area (TPSA) is 60.2 Å². The minimum absolute atomic E-state index is 0.0567. The smallest absolute Gasteiger partial charge is 0.398 e. The van der Waals surface area contributed by atoms with Crippen LogP contribution in [-0.2, 0) is 10.8 Å². The lowest BCUT2D eigenvalue weighted by Crippen LogP contribution is -2.14. The van der Waals surface area contributed by atoms with E-state index in [4.69, 9.17) is 10.4 Å². The molecule has 0 aliphatic rings. The molecule has 3 N–H and O–H groups in total. The Morgan fingerprint density at radius 2 is 1.88 bits per heavy atom. The number of benzene rings is 2. The van der Waals surface area contributed by atoms with Gasteiger partial charge in [0.05, 0.1) is 24.9 Å². The Bertz CT molecular complexity index is 896. The van der Waals surface area contributed by atoms with E-state index in [-0.39, 0.29) is 5.69 Å². The maximum absolute atomic E-state index is 12.7. The number of halogens is 3. The second-order valence-electron chi connectivity index (χ2n) is 5.34. The second kappa shape index (κ2) is 6.86. The van der Waals surface area contributed by atoms with Crippen molar-refractivity contribution in [1.29, 1.82) is 0 Å². The molecule has 0 aliphatic carbocycles. The number of fused-ring (bicyclic) bond motifs is 1. The Labute approximate surface area is 143 Å². The number of hydrogen-bond acceptors (Lipinski definition) is 4. The van der Waals surface area contributed by atoms with Gasteiger partial charge in [-0.05, 0) is 37.0 Å². The van der Waals surface area contributed by atoms with Gasteiger partial charge in [0.25, 0.3) is 0 Å². The third-order valence-electron chi connectivity index (χ3n) is 3.62. The third kappa shape index (κ3) is 3.83. The van der Waals surface area contributed by atoms with E-state index in [9.17, 15) is 13.2 Å². The largest absolute Gasteiger partial charge is 0.416 e. The molecule has 25 heavy (non-hydrogen) atoms. The SMILES string of the molecule is CP(ONc1cccc2cccnc12)c1ccc(C(F)(F)F)cc1N. The minimum atomic E-state index is -4.42. The lowest BCUT2D eigenvalue weighted by Gasteiger charge is -2.17. The molecule has 0 spiro atoms. The zero-order valence-electron chi connectivity index (χ0n) is 13.2. The first-order chi connectivity index (χ1) is 11.9. The summed E-state index contributed by atoms with van der Waals surface area (Å²) in [5, 5.41) is 1.48. The van der Waals surface area contributed by atoms with Crippen LogP contribution in [0.5, 0.6) is 0 Å². The predicted molar refractivity (Wildman–Crippen MR) is 94.8 cm³/mol. The van der Waals surface area contributed by atoms with Crippen molar-refractivity contribution in [2.45, 2.75) is 6.18 Å². The average molecular weight is 365 g/mol. The van der Waals surface area contributed by atoms with Crippen LogP contribution in [-0.4, -0.2) is 11.6 Å². The number of nitrogens with one attached hydrogen (secondary N) is 1. The monoisotopic (exact) mass is 365 g/mol. The quantitative estimate of drug-likeness (QED) is 0.405. The Morgan fingerprint density at radius 3 is 2.60 bits per heavy atom. The van der Waals surface area contributed by atoms with Crippen LogP contribution >= 0.6 is 8.15 Å². The van der Waals surface area contributed by atoms with Crippen molar-refractivity contribution in [2.24, 2.45) is 0 Å². The van der Waals surface area contributed by atoms with E-state index in [1.54, 1.807) is 12.9 Å². The molecule has 4 nitrogen and oxygen atoms in total. The molecular formula is C17H15F3N3OP. The van der Waals surface area contributed by atoms with Crippen molar-refractivity contribution in [3.8, 4) is 0 Å². The fourth-order valence-corrected chi connectivity index (χ4v) is 3.42. The normalized spacial score (nSPS) is 13.0. The minimum Gasteiger partial charge on any atom is -0.398 e. The highest BCUT2D eigenvalue weighted by Crippen LogP contribution is 2.37. The Balaban J connectivity index is 1.77. The molecule has 1 aromatic heterocycles. The van der Waals surface area contributed by atoms with E-state index in [0.29, 0.717) is 11.0 Å². The van der Waals surface area contributed by atoms with Crippen LogP contribution in [0.4, 0.5) is 24.5 Å². The number of nitrogens with zero attached hydrogens (tertiary/aromatic N) is 1. The maximum atomic E-state index is 12.7. The summed E-state index contributed by atoms with van der Waals surface area (Å²) in [6.07, 6.45) is -2.74. The summed E-state index contributed by atoms with van der Waals surface area (Å²) in [6, 6.07) is 12.7. The summed E-state index contributed by atoms with van der Waals surface area (Å²) in [5.41, 5.74) is 9.33. The molecule has 1 heterocycles. The van der Waals surface area contributed by atoms with Gasteiger partial charge in [0.2, 0.25) is 0 Å². The van der Waals surface area contributed by atoms with Gasteiger partial charge in [-0.3, -0.25) is 10.5 Å². The molecular weight excluding hydrogens is 350 g/mol. The first-order valence-electron chi connectivity index (χ1n) is 7.33. The molecule has 3 aromatic rings. The zero-order valence-corrected chi connectivity index (χ0v) is 14.1. The van der Waals surface area contributed by atoms with Gasteiger partial charge in [-0.2, -0.15) is 13.2 Å². The summed E-state index contributed by atoms with van der Waals surface area (Å²) in [4.78, 5) is 4.30. The molecule has 0 fully saturated rings. The molecule has 8 heteroatoms. The highest BCUT2D eigenvalue weighted by molar-refractivity contribution is 7.60. The maximum Gasteiger partial charge on any atom is 0.416 e. The number of anilines is 2. The zero-order chi connectivity index (χ0) is 18.0. The first kappa shape index (κ1) is 17.5. The van der Waals surface area contributed by atoms with Gasteiger partial charge in [-0.1, -0.05) is 18.2 Å². The van der Waals surface area contributed by atoms with Crippen molar-refractivity contribution in [3.05, 3.63) is 60.3 Å². The molecule has 0 saturated heterocycles. The predicted octanol–water partition coefficient (Wildman–Crippen LogP) is 4.53. The average Bonchev–Trinajstić information content (AvgIpc) is 2.58. The van der Waals surface area contributed by atoms with Crippen molar-refractivity contribution in [3.63, 3.8) is 0 Å². The Morgan fingerprint density at radius 1 is 1.12 bits per heavy atom. The number of pyridine rings is 1. The first-order valence-corrected chi connectivity index (χ1v) is 9.04. The molecule has 1 unspecified atom stereocenters. The number of hydrogen-bond donors (Lipinski definition) is 2. The van der Waals surface area contributed by atoms with Crippen molar-refractivity contribution >= 4 is 35.7 Å². The molecule has 0 bridgehead atoms. The van der Waals surface area contributed by atoms with E-state index in [1.165, 1.54) is 6.07 Å². The Kier molecular flexibility index (Phi) is 4.79. The molecule has 0 amide bonds. The molecule has 0 saturated carbocycles. The van der Waals surface area contributed by atoms with Gasteiger partial charge in [0.15, 0.2) is 0 Å². The standard InChI is InChI=1S/C17H15F3N3OP/c1-25(15-8-7-12(10-13(15)21)17(18,19)20)24-23-14-6-2-4-11-5-3-9-22-16(11)14/h2-10,23H,21H2,1H3. The number of nitrogens with two attached hydrogens (primary N) is 1. The summed E-state index contributed by atoms with van der Waals surface area (Å²) < 4.78 is 43.8. The Hall–Kier alpha value is -2.37. The van der Waals surface area contributed by atoms with Crippen LogP contribution in [0.15, 0.2) is 54.7 Å². The lowest BCUT2D eigenvalue weighted by molar-refractivity contribution is -0.137. The van der Waals surface area contributed by atoms with Gasteiger partial charge in [0, 0.05) is 22.6 Å². The highest BCUT2D eigenvalue weighted by atomic mass is 31.1. The van der Waals surface area contributed by atoms with Crippen LogP contribution in [0, 0.1) is 0 Å². The molecule has 0 radical (unpaired) electrons. The molecule has 1 atom stereocenters. The number of rotatable bonds is 4. The van der Waals surface area contributed by atoms with E-state index < -0.39 is 19.9 Å². The van der Waals surface area contributed by atoms with Gasteiger partial charge in [0.1, 0.15) is 0 Å². The highest BCUT2D eigenvalue weighted by Gasteiger charge is 2.31. The van der Waals surface area contributed by atoms with Gasteiger partial charge in [-0.25, -0.2) is 4.62 Å². The van der Waals surface area contributed by atoms with Gasteiger partial charge >= 0.3 is 6.18 Å². The number of aromatic nitrogens is 1. The van der Waals surface area contributed by atoms with Crippen LogP contribution in [0.2, 0.25) is 0 Å². The fraction of sp³-hybridized carbons (Fsp3) is 0.118. The van der Waals surface area contributed by atoms with Crippen molar-refractivity contribution in [2.75, 3.05) is 17.9 Å². The number of nitrogen functional groups attached to an aromatic ring is 1. The second-order valence-corrected chi connectivity index (χ2v) is 7.00. The molecule has 2 aromatic carbocycles. The summed E-state index contributed by atoms with van der Waals surface area (Å²) in [7, 11) is -1.26. The van der Waals surface area contributed by atoms with E-state index in [2.05, 4.69) is 10.5 Å².